The third kappa shape index (κ3) is 1.85. The summed E-state index contributed by atoms with van der Waals surface area (Å²) in [6.45, 7) is 0. The SMILES string of the molecule is Cl.Sn1cccn1. The van der Waals surface area contributed by atoms with Gasteiger partial charge >= 0.3 is 0 Å². The molecule has 0 amide bonds. The van der Waals surface area contributed by atoms with Gasteiger partial charge < -0.3 is 0 Å². The van der Waals surface area contributed by atoms with Crippen molar-refractivity contribution >= 4 is 25.2 Å². The highest BCUT2D eigenvalue weighted by Gasteiger charge is 1.70. The highest BCUT2D eigenvalue weighted by atomic mass is 35.5. The largest absolute Gasteiger partial charge is 0.217 e. The standard InChI is InChI=1S/C3H4N2S.ClH/c6-5-3-1-2-4-5;/h1-3,6H;1H. The molecule has 0 saturated carbocycles. The van der Waals surface area contributed by atoms with E-state index in [2.05, 4.69) is 17.9 Å². The van der Waals surface area contributed by atoms with Gasteiger partial charge in [0.15, 0.2) is 0 Å². The minimum atomic E-state index is 0. The lowest BCUT2D eigenvalue weighted by Gasteiger charge is -1.75. The van der Waals surface area contributed by atoms with Crippen LogP contribution in [0.1, 0.15) is 0 Å². The van der Waals surface area contributed by atoms with Gasteiger partial charge in [-0.3, -0.25) is 0 Å². The van der Waals surface area contributed by atoms with Gasteiger partial charge in [0, 0.05) is 12.4 Å². The number of nitrogens with zero attached hydrogens (tertiary/aromatic N) is 2. The summed E-state index contributed by atoms with van der Waals surface area (Å²) < 4.78 is 1.44. The van der Waals surface area contributed by atoms with Crippen LogP contribution in [0.25, 0.3) is 0 Å². The van der Waals surface area contributed by atoms with E-state index in [9.17, 15) is 0 Å². The van der Waals surface area contributed by atoms with Crippen molar-refractivity contribution in [1.82, 2.24) is 9.19 Å². The third-order valence-electron chi connectivity index (χ3n) is 0.490. The highest BCUT2D eigenvalue weighted by molar-refractivity contribution is 7.78. The molecule has 0 bridgehead atoms. The molecular weight excluding hydrogens is 132 g/mol. The van der Waals surface area contributed by atoms with Gasteiger partial charge in [0.25, 0.3) is 0 Å². The first kappa shape index (κ1) is 6.85. The van der Waals surface area contributed by atoms with Gasteiger partial charge in [0.2, 0.25) is 0 Å². The van der Waals surface area contributed by atoms with Crippen molar-refractivity contribution in [3.63, 3.8) is 0 Å². The summed E-state index contributed by atoms with van der Waals surface area (Å²) in [6.07, 6.45) is 3.43. The second kappa shape index (κ2) is 2.93. The van der Waals surface area contributed by atoms with Crippen molar-refractivity contribution in [2.24, 2.45) is 0 Å². The van der Waals surface area contributed by atoms with E-state index in [-0.39, 0.29) is 12.4 Å². The Balaban J connectivity index is 0.000000360. The minimum absolute atomic E-state index is 0. The van der Waals surface area contributed by atoms with E-state index in [0.29, 0.717) is 0 Å². The summed E-state index contributed by atoms with van der Waals surface area (Å²) >= 11 is 3.84. The number of thiol groups is 1. The fourth-order valence-electron chi connectivity index (χ4n) is 0.261. The first-order valence-corrected chi connectivity index (χ1v) is 1.98. The van der Waals surface area contributed by atoms with Crippen LogP contribution in [0, 0.1) is 0 Å². The summed E-state index contributed by atoms with van der Waals surface area (Å²) in [6, 6.07) is 1.81. The molecule has 0 aliphatic heterocycles. The number of aromatic nitrogens is 2. The molecule has 0 unspecified atom stereocenters. The molecule has 1 aromatic rings. The lowest BCUT2D eigenvalue weighted by atomic mass is 10.8. The van der Waals surface area contributed by atoms with Gasteiger partial charge in [-0.2, -0.15) is 5.10 Å². The van der Waals surface area contributed by atoms with Crippen LogP contribution >= 0.6 is 25.2 Å². The molecule has 1 rings (SSSR count). The Morgan fingerprint density at radius 3 is 2.43 bits per heavy atom. The maximum Gasteiger partial charge on any atom is 0.0500 e. The van der Waals surface area contributed by atoms with Gasteiger partial charge in [-0.1, -0.05) is 0 Å². The number of hydrogen-bond acceptors (Lipinski definition) is 2. The second-order valence-electron chi connectivity index (χ2n) is 0.926. The van der Waals surface area contributed by atoms with E-state index < -0.39 is 0 Å². The van der Waals surface area contributed by atoms with Crippen LogP contribution in [0.3, 0.4) is 0 Å². The fourth-order valence-corrected chi connectivity index (χ4v) is 0.397. The molecular formula is C3H5ClN2S. The number of hydrogen-bond donors (Lipinski definition) is 1. The number of rotatable bonds is 0. The van der Waals surface area contributed by atoms with E-state index in [1.807, 2.05) is 6.07 Å². The first-order valence-electron chi connectivity index (χ1n) is 1.58. The minimum Gasteiger partial charge on any atom is -0.217 e. The van der Waals surface area contributed by atoms with Crippen molar-refractivity contribution in [3.8, 4) is 0 Å². The van der Waals surface area contributed by atoms with Crippen LogP contribution in [-0.2, 0) is 0 Å². The molecule has 0 saturated heterocycles. The lowest BCUT2D eigenvalue weighted by molar-refractivity contribution is 1.02. The van der Waals surface area contributed by atoms with E-state index in [0.717, 1.165) is 0 Å². The molecule has 0 aliphatic carbocycles. The van der Waals surface area contributed by atoms with Crippen LogP contribution < -0.4 is 0 Å². The molecule has 4 heteroatoms. The molecule has 2 nitrogen and oxygen atoms in total. The quantitative estimate of drug-likeness (QED) is 0.527. The summed E-state index contributed by atoms with van der Waals surface area (Å²) in [5.74, 6) is 0. The Morgan fingerprint density at radius 1 is 1.57 bits per heavy atom. The third-order valence-corrected chi connectivity index (χ3v) is 0.727. The predicted octanol–water partition coefficient (Wildman–Crippen LogP) is 0.998. The van der Waals surface area contributed by atoms with Crippen molar-refractivity contribution in [2.75, 3.05) is 0 Å². The summed E-state index contributed by atoms with van der Waals surface area (Å²) in [5, 5.41) is 3.70. The predicted molar refractivity (Wildman–Crippen MR) is 33.9 cm³/mol. The zero-order chi connectivity index (χ0) is 4.41. The van der Waals surface area contributed by atoms with Crippen LogP contribution in [0.15, 0.2) is 18.5 Å². The Morgan fingerprint density at radius 2 is 2.29 bits per heavy atom. The first-order chi connectivity index (χ1) is 2.89. The highest BCUT2D eigenvalue weighted by Crippen LogP contribution is 1.81. The van der Waals surface area contributed by atoms with Crippen molar-refractivity contribution in [3.05, 3.63) is 18.5 Å². The van der Waals surface area contributed by atoms with Crippen LogP contribution in [0.2, 0.25) is 0 Å². The van der Waals surface area contributed by atoms with Crippen molar-refractivity contribution in [1.29, 1.82) is 0 Å². The smallest absolute Gasteiger partial charge is 0.0500 e. The Bertz CT molecular complexity index is 116. The number of halogens is 1. The van der Waals surface area contributed by atoms with Crippen LogP contribution in [0.4, 0.5) is 0 Å². The summed E-state index contributed by atoms with van der Waals surface area (Å²) in [4.78, 5) is 0. The molecule has 0 radical (unpaired) electrons. The molecule has 0 N–H and O–H groups in total. The average Bonchev–Trinajstić information content (AvgIpc) is 1.86. The van der Waals surface area contributed by atoms with Crippen molar-refractivity contribution in [2.45, 2.75) is 0 Å². The van der Waals surface area contributed by atoms with Gasteiger partial charge in [-0.25, -0.2) is 4.09 Å². The maximum atomic E-state index is 3.84. The zero-order valence-electron chi connectivity index (χ0n) is 3.48. The Labute approximate surface area is 53.5 Å². The molecule has 7 heavy (non-hydrogen) atoms. The monoisotopic (exact) mass is 136 g/mol. The van der Waals surface area contributed by atoms with Crippen LogP contribution in [-0.4, -0.2) is 9.19 Å². The molecule has 1 heterocycles. The normalized spacial score (nSPS) is 7.57. The van der Waals surface area contributed by atoms with E-state index in [1.54, 1.807) is 12.4 Å². The second-order valence-corrected chi connectivity index (χ2v) is 1.34. The van der Waals surface area contributed by atoms with E-state index in [4.69, 9.17) is 0 Å². The van der Waals surface area contributed by atoms with E-state index >= 15 is 0 Å². The maximum absolute atomic E-state index is 3.84. The van der Waals surface area contributed by atoms with Gasteiger partial charge in [0.1, 0.15) is 0 Å². The topological polar surface area (TPSA) is 17.8 Å². The molecule has 1 aromatic heterocycles. The summed E-state index contributed by atoms with van der Waals surface area (Å²) in [7, 11) is 0. The molecule has 0 fully saturated rings. The van der Waals surface area contributed by atoms with Gasteiger partial charge in [0.05, 0.1) is 0 Å². The Hall–Kier alpha value is -0.150. The molecule has 0 spiro atoms. The van der Waals surface area contributed by atoms with Crippen molar-refractivity contribution < 1.29 is 0 Å². The van der Waals surface area contributed by atoms with E-state index in [1.165, 1.54) is 4.09 Å². The average molecular weight is 137 g/mol. The summed E-state index contributed by atoms with van der Waals surface area (Å²) in [5.41, 5.74) is 0. The zero-order valence-corrected chi connectivity index (χ0v) is 5.19. The molecule has 0 atom stereocenters. The molecule has 40 valence electrons. The lowest BCUT2D eigenvalue weighted by Crippen LogP contribution is -1.73. The van der Waals surface area contributed by atoms with Gasteiger partial charge in [-0.15, -0.1) is 12.4 Å². The Kier molecular flexibility index (Phi) is 2.87. The molecule has 0 aromatic carbocycles. The molecule has 0 aliphatic rings. The van der Waals surface area contributed by atoms with Crippen LogP contribution in [0.5, 0.6) is 0 Å². The van der Waals surface area contributed by atoms with Gasteiger partial charge in [-0.05, 0) is 18.9 Å². The fraction of sp³-hybridized carbons (Fsp3) is 0.